The fourth-order valence-corrected chi connectivity index (χ4v) is 4.09. The molecule has 0 bridgehead atoms. The number of aromatic nitrogens is 2. The van der Waals surface area contributed by atoms with E-state index >= 15 is 0 Å². The lowest BCUT2D eigenvalue weighted by molar-refractivity contribution is 0.0331. The maximum atomic E-state index is 13.6. The van der Waals surface area contributed by atoms with E-state index < -0.39 is 6.10 Å². The van der Waals surface area contributed by atoms with Gasteiger partial charge in [-0.15, -0.1) is 0 Å². The number of ketones is 1. The quantitative estimate of drug-likeness (QED) is 0.316. The predicted octanol–water partition coefficient (Wildman–Crippen LogP) is 5.74. The molecule has 4 aromatic carbocycles. The summed E-state index contributed by atoms with van der Waals surface area (Å²) in [7, 11) is 1.88. The number of benzene rings is 4. The highest BCUT2D eigenvalue weighted by Crippen LogP contribution is 2.20. The number of Topliss-reactive ketones (excluding diaryl/α,β-unsaturated/α-hetero) is 1. The molecule has 1 aromatic heterocycles. The molecule has 5 rings (SSSR count). The second-order valence-corrected chi connectivity index (χ2v) is 8.02. The summed E-state index contributed by atoms with van der Waals surface area (Å²) < 4.78 is 8.10. The maximum absolute atomic E-state index is 13.6. The number of hydrogen-bond acceptors (Lipinski definition) is 3. The molecular weight excluding hydrogens is 396 g/mol. The Kier molecular flexibility index (Phi) is 5.53. The summed E-state index contributed by atoms with van der Waals surface area (Å²) in [6.45, 7) is 0.359. The number of hydrogen-bond donors (Lipinski definition) is 0. The number of nitrogens with zero attached hydrogens (tertiary/aromatic N) is 2. The third-order valence-corrected chi connectivity index (χ3v) is 5.83. The van der Waals surface area contributed by atoms with Crippen LogP contribution in [0, 0.1) is 0 Å². The monoisotopic (exact) mass is 420 g/mol. The van der Waals surface area contributed by atoms with Crippen LogP contribution in [0.15, 0.2) is 97.1 Å². The Bertz CT molecular complexity index is 1390. The van der Waals surface area contributed by atoms with Crippen molar-refractivity contribution in [2.75, 3.05) is 0 Å². The van der Waals surface area contributed by atoms with Crippen molar-refractivity contribution in [2.24, 2.45) is 7.05 Å². The third kappa shape index (κ3) is 4.05. The van der Waals surface area contributed by atoms with Crippen LogP contribution < -0.4 is 0 Å². The van der Waals surface area contributed by atoms with Gasteiger partial charge in [-0.2, -0.15) is 0 Å². The summed E-state index contributed by atoms with van der Waals surface area (Å²) in [5.41, 5.74) is 3.85. The minimum absolute atomic E-state index is 0.103. The fraction of sp³-hybridized carbons (Fsp3) is 0.143. The Balaban J connectivity index is 1.43. The van der Waals surface area contributed by atoms with E-state index in [-0.39, 0.29) is 5.78 Å². The van der Waals surface area contributed by atoms with Gasteiger partial charge in [-0.05, 0) is 40.1 Å². The number of carbonyl (C=O) groups is 1. The van der Waals surface area contributed by atoms with Crippen molar-refractivity contribution >= 4 is 27.6 Å². The molecular formula is C28H24N2O2. The Morgan fingerprint density at radius 3 is 2.38 bits per heavy atom. The Labute approximate surface area is 187 Å². The van der Waals surface area contributed by atoms with E-state index in [9.17, 15) is 4.79 Å². The zero-order chi connectivity index (χ0) is 21.9. The van der Waals surface area contributed by atoms with Crippen molar-refractivity contribution in [3.8, 4) is 0 Å². The van der Waals surface area contributed by atoms with Crippen LogP contribution in [0.25, 0.3) is 21.8 Å². The van der Waals surface area contributed by atoms with Crippen molar-refractivity contribution in [3.05, 3.63) is 114 Å². The van der Waals surface area contributed by atoms with Crippen LogP contribution in [0.5, 0.6) is 0 Å². The zero-order valence-corrected chi connectivity index (χ0v) is 17.9. The molecule has 1 heterocycles. The van der Waals surface area contributed by atoms with Gasteiger partial charge in [0.2, 0.25) is 5.78 Å². The molecule has 0 spiro atoms. The van der Waals surface area contributed by atoms with Crippen molar-refractivity contribution in [1.29, 1.82) is 0 Å². The van der Waals surface area contributed by atoms with Gasteiger partial charge in [0.25, 0.3) is 0 Å². The first-order valence-electron chi connectivity index (χ1n) is 10.8. The highest BCUT2D eigenvalue weighted by molar-refractivity contribution is 5.99. The van der Waals surface area contributed by atoms with Gasteiger partial charge in [0.05, 0.1) is 17.6 Å². The molecule has 0 radical (unpaired) electrons. The van der Waals surface area contributed by atoms with Crippen molar-refractivity contribution in [2.45, 2.75) is 19.1 Å². The minimum atomic E-state index is -0.626. The second-order valence-electron chi connectivity index (χ2n) is 8.02. The van der Waals surface area contributed by atoms with Gasteiger partial charge in [-0.3, -0.25) is 4.79 Å². The lowest BCUT2D eigenvalue weighted by Gasteiger charge is -2.17. The van der Waals surface area contributed by atoms with Crippen LogP contribution in [0.4, 0.5) is 0 Å². The number of imidazole rings is 1. The molecule has 0 aliphatic heterocycles. The third-order valence-electron chi connectivity index (χ3n) is 5.83. The first-order valence-corrected chi connectivity index (χ1v) is 10.8. The summed E-state index contributed by atoms with van der Waals surface area (Å²) in [6.07, 6.45) is -0.129. The summed E-state index contributed by atoms with van der Waals surface area (Å²) in [5.74, 6) is 0.319. The maximum Gasteiger partial charge on any atom is 0.227 e. The Morgan fingerprint density at radius 1 is 0.844 bits per heavy atom. The van der Waals surface area contributed by atoms with E-state index in [0.29, 0.717) is 18.9 Å². The molecule has 158 valence electrons. The fourth-order valence-electron chi connectivity index (χ4n) is 4.09. The largest absolute Gasteiger partial charge is 0.365 e. The zero-order valence-electron chi connectivity index (χ0n) is 17.9. The van der Waals surface area contributed by atoms with Gasteiger partial charge in [0.1, 0.15) is 6.10 Å². The summed E-state index contributed by atoms with van der Waals surface area (Å²) in [6, 6.07) is 32.3. The van der Waals surface area contributed by atoms with Crippen molar-refractivity contribution < 1.29 is 9.53 Å². The number of para-hydroxylation sites is 2. The first kappa shape index (κ1) is 20.2. The van der Waals surface area contributed by atoms with Crippen molar-refractivity contribution in [3.63, 3.8) is 0 Å². The van der Waals surface area contributed by atoms with Gasteiger partial charge < -0.3 is 9.30 Å². The van der Waals surface area contributed by atoms with E-state index in [2.05, 4.69) is 35.3 Å². The highest BCUT2D eigenvalue weighted by Gasteiger charge is 2.26. The molecule has 0 saturated carbocycles. The minimum Gasteiger partial charge on any atom is -0.365 e. The van der Waals surface area contributed by atoms with E-state index in [1.807, 2.05) is 78.3 Å². The van der Waals surface area contributed by atoms with Gasteiger partial charge in [-0.1, -0.05) is 78.9 Å². The molecule has 0 amide bonds. The average molecular weight is 421 g/mol. The average Bonchev–Trinajstić information content (AvgIpc) is 3.18. The van der Waals surface area contributed by atoms with E-state index in [0.717, 1.165) is 27.5 Å². The topological polar surface area (TPSA) is 44.1 Å². The Hall–Kier alpha value is -3.76. The van der Waals surface area contributed by atoms with Gasteiger partial charge >= 0.3 is 0 Å². The molecule has 0 fully saturated rings. The number of rotatable bonds is 7. The molecule has 4 heteroatoms. The second kappa shape index (κ2) is 8.77. The predicted molar refractivity (Wildman–Crippen MR) is 128 cm³/mol. The normalized spacial score (nSPS) is 12.3. The molecule has 0 aliphatic rings. The van der Waals surface area contributed by atoms with Crippen LogP contribution in [-0.2, 0) is 24.8 Å². The molecule has 1 atom stereocenters. The molecule has 5 aromatic rings. The van der Waals surface area contributed by atoms with Crippen molar-refractivity contribution in [1.82, 2.24) is 9.55 Å². The van der Waals surface area contributed by atoms with E-state index in [1.165, 1.54) is 5.39 Å². The highest BCUT2D eigenvalue weighted by atomic mass is 16.5. The van der Waals surface area contributed by atoms with Gasteiger partial charge in [0.15, 0.2) is 5.82 Å². The molecule has 0 unspecified atom stereocenters. The SMILES string of the molecule is Cn1c(C(=O)[C@H](Cc2ccccc2)OCc2ccc3ccccc3c2)nc2ccccc21. The molecule has 0 saturated heterocycles. The smallest absolute Gasteiger partial charge is 0.227 e. The molecule has 32 heavy (non-hydrogen) atoms. The van der Waals surface area contributed by atoms with Crippen LogP contribution in [0.2, 0.25) is 0 Å². The number of carbonyl (C=O) groups excluding carboxylic acids is 1. The summed E-state index contributed by atoms with van der Waals surface area (Å²) in [4.78, 5) is 18.2. The lowest BCUT2D eigenvalue weighted by atomic mass is 10.0. The molecule has 0 N–H and O–H groups in total. The van der Waals surface area contributed by atoms with Crippen LogP contribution in [-0.4, -0.2) is 21.4 Å². The van der Waals surface area contributed by atoms with Crippen LogP contribution >= 0.6 is 0 Å². The van der Waals surface area contributed by atoms with E-state index in [4.69, 9.17) is 4.74 Å². The molecule has 4 nitrogen and oxygen atoms in total. The van der Waals surface area contributed by atoms with Gasteiger partial charge in [-0.25, -0.2) is 4.98 Å². The van der Waals surface area contributed by atoms with Gasteiger partial charge in [0, 0.05) is 13.5 Å². The number of ether oxygens (including phenoxy) is 1. The molecule has 0 aliphatic carbocycles. The van der Waals surface area contributed by atoms with Crippen LogP contribution in [0.1, 0.15) is 21.7 Å². The number of fused-ring (bicyclic) bond motifs is 2. The summed E-state index contributed by atoms with van der Waals surface area (Å²) in [5, 5.41) is 2.35. The lowest BCUT2D eigenvalue weighted by Crippen LogP contribution is -2.29. The summed E-state index contributed by atoms with van der Waals surface area (Å²) >= 11 is 0. The first-order chi connectivity index (χ1) is 15.7. The standard InChI is InChI=1S/C28H24N2O2/c1-30-25-14-8-7-13-24(25)29-28(30)27(31)26(18-20-9-3-2-4-10-20)32-19-21-15-16-22-11-5-6-12-23(22)17-21/h2-17,26H,18-19H2,1H3/t26-/m0/s1. The Morgan fingerprint density at radius 2 is 1.56 bits per heavy atom. The van der Waals surface area contributed by atoms with E-state index in [1.54, 1.807) is 0 Å². The van der Waals surface area contributed by atoms with Crippen LogP contribution in [0.3, 0.4) is 0 Å². The number of aryl methyl sites for hydroxylation is 1.